The van der Waals surface area contributed by atoms with Gasteiger partial charge in [0.15, 0.2) is 5.16 Å². The summed E-state index contributed by atoms with van der Waals surface area (Å²) in [4.78, 5) is 0. The van der Waals surface area contributed by atoms with E-state index >= 15 is 0 Å². The van der Waals surface area contributed by atoms with Gasteiger partial charge in [-0.15, -0.1) is 16.8 Å². The lowest BCUT2D eigenvalue weighted by Gasteiger charge is -2.08. The molecule has 0 radical (unpaired) electrons. The van der Waals surface area contributed by atoms with E-state index in [-0.39, 0.29) is 0 Å². The van der Waals surface area contributed by atoms with Crippen molar-refractivity contribution in [2.75, 3.05) is 12.4 Å². The summed E-state index contributed by atoms with van der Waals surface area (Å²) in [5.74, 6) is 2.25. The van der Waals surface area contributed by atoms with Crippen LogP contribution in [0, 0.1) is 6.92 Å². The molecule has 0 unspecified atom stereocenters. The van der Waals surface area contributed by atoms with Crippen molar-refractivity contribution in [2.45, 2.75) is 18.6 Å². The van der Waals surface area contributed by atoms with Crippen LogP contribution in [-0.2, 0) is 6.54 Å². The van der Waals surface area contributed by atoms with Crippen LogP contribution in [0.25, 0.3) is 0 Å². The van der Waals surface area contributed by atoms with Gasteiger partial charge in [0, 0.05) is 17.3 Å². The summed E-state index contributed by atoms with van der Waals surface area (Å²) in [5, 5.41) is 10.2. The Labute approximate surface area is 138 Å². The molecule has 2 aromatic rings. The maximum Gasteiger partial charge on any atom is 0.191 e. The Hall–Kier alpha value is -1.17. The van der Waals surface area contributed by atoms with Gasteiger partial charge in [-0.2, -0.15) is 0 Å². The van der Waals surface area contributed by atoms with Gasteiger partial charge in [0.2, 0.25) is 0 Å². The third-order valence-electron chi connectivity index (χ3n) is 2.68. The highest BCUT2D eigenvalue weighted by molar-refractivity contribution is 7.99. The van der Waals surface area contributed by atoms with Gasteiger partial charge in [0.05, 0.1) is 11.6 Å². The Balaban J connectivity index is 1.86. The first-order chi connectivity index (χ1) is 10.1. The molecule has 0 aliphatic rings. The molecule has 1 heterocycles. The summed E-state index contributed by atoms with van der Waals surface area (Å²) >= 11 is 13.5. The highest BCUT2D eigenvalue weighted by atomic mass is 35.5. The number of thioether (sulfide) groups is 1. The molecule has 0 saturated heterocycles. The van der Waals surface area contributed by atoms with Crippen LogP contribution in [-0.4, -0.2) is 27.1 Å². The summed E-state index contributed by atoms with van der Waals surface area (Å²) in [6.45, 7) is 6.88. The Kier molecular flexibility index (Phi) is 5.96. The van der Waals surface area contributed by atoms with Crippen LogP contribution >= 0.6 is 35.0 Å². The largest absolute Gasteiger partial charge is 0.491 e. The number of aromatic nitrogens is 3. The average Bonchev–Trinajstić information content (AvgIpc) is 2.79. The second kappa shape index (κ2) is 7.73. The molecule has 112 valence electrons. The molecule has 0 atom stereocenters. The second-order valence-corrected chi connectivity index (χ2v) is 6.11. The number of rotatable bonds is 7. The average molecular weight is 344 g/mol. The minimum Gasteiger partial charge on any atom is -0.491 e. The summed E-state index contributed by atoms with van der Waals surface area (Å²) in [6, 6.07) is 5.18. The van der Waals surface area contributed by atoms with Gasteiger partial charge in [-0.1, -0.05) is 41.0 Å². The second-order valence-electron chi connectivity index (χ2n) is 4.20. The quantitative estimate of drug-likeness (QED) is 0.428. The first-order valence-corrected chi connectivity index (χ1v) is 8.07. The van der Waals surface area contributed by atoms with Crippen LogP contribution in [0.1, 0.15) is 5.82 Å². The predicted molar refractivity (Wildman–Crippen MR) is 87.6 cm³/mol. The zero-order chi connectivity index (χ0) is 15.2. The normalized spacial score (nSPS) is 10.6. The summed E-state index contributed by atoms with van der Waals surface area (Å²) < 4.78 is 7.64. The smallest absolute Gasteiger partial charge is 0.191 e. The molecular weight excluding hydrogens is 329 g/mol. The molecule has 2 rings (SSSR count). The van der Waals surface area contributed by atoms with Gasteiger partial charge >= 0.3 is 0 Å². The van der Waals surface area contributed by atoms with E-state index in [4.69, 9.17) is 27.9 Å². The van der Waals surface area contributed by atoms with Gasteiger partial charge in [0.1, 0.15) is 11.6 Å². The van der Waals surface area contributed by atoms with Crippen molar-refractivity contribution in [2.24, 2.45) is 0 Å². The molecule has 7 heteroatoms. The molecule has 0 aliphatic carbocycles. The van der Waals surface area contributed by atoms with E-state index in [9.17, 15) is 0 Å². The van der Waals surface area contributed by atoms with Crippen LogP contribution in [0.2, 0.25) is 10.0 Å². The number of hydrogen-bond donors (Lipinski definition) is 0. The number of halogens is 2. The first kappa shape index (κ1) is 16.2. The topological polar surface area (TPSA) is 39.9 Å². The minimum atomic E-state index is 0.512. The number of benzene rings is 1. The molecule has 4 nitrogen and oxygen atoms in total. The van der Waals surface area contributed by atoms with E-state index in [0.29, 0.717) is 28.9 Å². The highest BCUT2D eigenvalue weighted by Crippen LogP contribution is 2.27. The molecule has 0 aliphatic heterocycles. The van der Waals surface area contributed by atoms with Crippen molar-refractivity contribution in [1.82, 2.24) is 14.8 Å². The zero-order valence-electron chi connectivity index (χ0n) is 11.6. The van der Waals surface area contributed by atoms with Crippen molar-refractivity contribution in [3.05, 3.63) is 46.7 Å². The zero-order valence-corrected chi connectivity index (χ0v) is 13.9. The molecule has 0 fully saturated rings. The van der Waals surface area contributed by atoms with Crippen molar-refractivity contribution in [3.63, 3.8) is 0 Å². The van der Waals surface area contributed by atoms with Gasteiger partial charge < -0.3 is 9.30 Å². The van der Waals surface area contributed by atoms with Crippen LogP contribution in [0.15, 0.2) is 36.0 Å². The summed E-state index contributed by atoms with van der Waals surface area (Å²) in [6.07, 6.45) is 1.82. The molecule has 0 amide bonds. The van der Waals surface area contributed by atoms with Gasteiger partial charge in [0.25, 0.3) is 0 Å². The SMILES string of the molecule is C=CCn1c(C)nnc1SCCOc1ccc(Cl)cc1Cl. The van der Waals surface area contributed by atoms with Crippen molar-refractivity contribution < 1.29 is 4.74 Å². The monoisotopic (exact) mass is 343 g/mol. The van der Waals surface area contributed by atoms with E-state index in [0.717, 1.165) is 16.7 Å². The van der Waals surface area contributed by atoms with E-state index in [1.54, 1.807) is 30.0 Å². The molecule has 0 bridgehead atoms. The number of nitrogens with zero attached hydrogens (tertiary/aromatic N) is 3. The number of allylic oxidation sites excluding steroid dienone is 1. The lowest BCUT2D eigenvalue weighted by atomic mass is 10.3. The van der Waals surface area contributed by atoms with Crippen LogP contribution < -0.4 is 4.74 Å². The van der Waals surface area contributed by atoms with Crippen LogP contribution in [0.4, 0.5) is 0 Å². The van der Waals surface area contributed by atoms with E-state index in [1.807, 2.05) is 17.6 Å². The van der Waals surface area contributed by atoms with E-state index < -0.39 is 0 Å². The maximum atomic E-state index is 6.04. The van der Waals surface area contributed by atoms with Crippen LogP contribution in [0.5, 0.6) is 5.75 Å². The molecule has 0 N–H and O–H groups in total. The summed E-state index contributed by atoms with van der Waals surface area (Å²) in [7, 11) is 0. The Morgan fingerprint density at radius 1 is 1.38 bits per heavy atom. The molecule has 1 aromatic heterocycles. The molecule has 0 spiro atoms. The summed E-state index contributed by atoms with van der Waals surface area (Å²) in [5.41, 5.74) is 0. The number of hydrogen-bond acceptors (Lipinski definition) is 4. The van der Waals surface area contributed by atoms with E-state index in [2.05, 4.69) is 16.8 Å². The third-order valence-corrected chi connectivity index (χ3v) is 4.14. The van der Waals surface area contributed by atoms with Crippen molar-refractivity contribution >= 4 is 35.0 Å². The maximum absolute atomic E-state index is 6.04. The predicted octanol–water partition coefficient (Wildman–Crippen LogP) is 4.25. The lowest BCUT2D eigenvalue weighted by Crippen LogP contribution is -2.04. The fourth-order valence-corrected chi connectivity index (χ4v) is 2.96. The van der Waals surface area contributed by atoms with Crippen molar-refractivity contribution in [1.29, 1.82) is 0 Å². The number of aryl methyl sites for hydroxylation is 1. The highest BCUT2D eigenvalue weighted by Gasteiger charge is 2.08. The van der Waals surface area contributed by atoms with Crippen LogP contribution in [0.3, 0.4) is 0 Å². The fraction of sp³-hybridized carbons (Fsp3) is 0.286. The minimum absolute atomic E-state index is 0.512. The first-order valence-electron chi connectivity index (χ1n) is 6.33. The lowest BCUT2D eigenvalue weighted by molar-refractivity contribution is 0.344. The Morgan fingerprint density at radius 3 is 2.90 bits per heavy atom. The van der Waals surface area contributed by atoms with Gasteiger partial charge in [-0.3, -0.25) is 0 Å². The number of ether oxygens (including phenoxy) is 1. The molecule has 0 saturated carbocycles. The third kappa shape index (κ3) is 4.40. The molecular formula is C14H15Cl2N3OS. The standard InChI is InChI=1S/C14H15Cl2N3OS/c1-3-6-19-10(2)17-18-14(19)21-8-7-20-13-5-4-11(15)9-12(13)16/h3-5,9H,1,6-8H2,2H3. The fourth-order valence-electron chi connectivity index (χ4n) is 1.68. The van der Waals surface area contributed by atoms with Crippen molar-refractivity contribution in [3.8, 4) is 5.75 Å². The molecule has 1 aromatic carbocycles. The Bertz CT molecular complexity index is 631. The van der Waals surface area contributed by atoms with Gasteiger partial charge in [-0.05, 0) is 25.1 Å². The van der Waals surface area contributed by atoms with Gasteiger partial charge in [-0.25, -0.2) is 0 Å². The Morgan fingerprint density at radius 2 is 2.19 bits per heavy atom. The molecule has 21 heavy (non-hydrogen) atoms. The van der Waals surface area contributed by atoms with E-state index in [1.165, 1.54) is 0 Å².